The van der Waals surface area contributed by atoms with Crippen LogP contribution in [0.5, 0.6) is 0 Å². The van der Waals surface area contributed by atoms with Gasteiger partial charge in [0.05, 0.1) is 5.60 Å². The number of carbonyl (C=O) groups excluding carboxylic acids is 1. The number of hydrogen-bond donors (Lipinski definition) is 3. The second kappa shape index (κ2) is 7.33. The maximum Gasteiger partial charge on any atom is 0.242 e. The molecule has 1 fully saturated rings. The van der Waals surface area contributed by atoms with E-state index in [0.717, 1.165) is 19.4 Å². The lowest BCUT2D eigenvalue weighted by molar-refractivity contribution is -0.119. The molecular weight excluding hydrogens is 244 g/mol. The molecule has 1 saturated carbocycles. The summed E-state index contributed by atoms with van der Waals surface area (Å²) in [5.41, 5.74) is -0.271. The van der Waals surface area contributed by atoms with Crippen molar-refractivity contribution in [2.24, 2.45) is 4.99 Å². The average Bonchev–Trinajstić information content (AvgIpc) is 3.16. The van der Waals surface area contributed by atoms with Gasteiger partial charge in [0.25, 0.3) is 0 Å². The Kier molecular flexibility index (Phi) is 6.08. The van der Waals surface area contributed by atoms with Crippen molar-refractivity contribution in [2.75, 3.05) is 26.7 Å². The summed E-state index contributed by atoms with van der Waals surface area (Å²) < 4.78 is 5.33. The molecule has 0 saturated heterocycles. The van der Waals surface area contributed by atoms with Crippen LogP contribution >= 0.6 is 0 Å². The topological polar surface area (TPSA) is 74.8 Å². The Balaban J connectivity index is 2.38. The van der Waals surface area contributed by atoms with Crippen LogP contribution in [0.25, 0.3) is 0 Å². The van der Waals surface area contributed by atoms with Gasteiger partial charge in [-0.1, -0.05) is 0 Å². The lowest BCUT2D eigenvalue weighted by Crippen LogP contribution is -2.45. The molecule has 3 N–H and O–H groups in total. The SMILES string of the molecule is CCNC(=NCC(=O)NC1CC1)NCC(C)(C)OC. The molecule has 110 valence electrons. The lowest BCUT2D eigenvalue weighted by atomic mass is 10.1. The fourth-order valence-corrected chi connectivity index (χ4v) is 1.36. The van der Waals surface area contributed by atoms with E-state index < -0.39 is 0 Å². The van der Waals surface area contributed by atoms with Gasteiger partial charge in [-0.3, -0.25) is 4.79 Å². The van der Waals surface area contributed by atoms with Crippen LogP contribution < -0.4 is 16.0 Å². The molecule has 1 aliphatic rings. The average molecular weight is 270 g/mol. The number of ether oxygens (including phenoxy) is 1. The summed E-state index contributed by atoms with van der Waals surface area (Å²) in [7, 11) is 1.68. The van der Waals surface area contributed by atoms with Gasteiger partial charge in [-0.25, -0.2) is 4.99 Å². The van der Waals surface area contributed by atoms with Gasteiger partial charge in [0.2, 0.25) is 5.91 Å². The maximum absolute atomic E-state index is 11.6. The first-order valence-electron chi connectivity index (χ1n) is 6.83. The first-order valence-corrected chi connectivity index (χ1v) is 6.83. The molecule has 0 radical (unpaired) electrons. The van der Waals surface area contributed by atoms with Crippen molar-refractivity contribution in [3.8, 4) is 0 Å². The minimum absolute atomic E-state index is 0.0225. The highest BCUT2D eigenvalue weighted by molar-refractivity contribution is 5.85. The second-order valence-corrected chi connectivity index (χ2v) is 5.35. The Hall–Kier alpha value is -1.30. The molecule has 1 rings (SSSR count). The summed E-state index contributed by atoms with van der Waals surface area (Å²) in [4.78, 5) is 15.8. The van der Waals surface area contributed by atoms with Crippen LogP contribution in [-0.2, 0) is 9.53 Å². The maximum atomic E-state index is 11.6. The van der Waals surface area contributed by atoms with Crippen molar-refractivity contribution in [3.05, 3.63) is 0 Å². The summed E-state index contributed by atoms with van der Waals surface area (Å²) >= 11 is 0. The first-order chi connectivity index (χ1) is 8.96. The quantitative estimate of drug-likeness (QED) is 0.458. The molecule has 0 aromatic rings. The third-order valence-corrected chi connectivity index (χ3v) is 2.90. The van der Waals surface area contributed by atoms with Gasteiger partial charge in [0.1, 0.15) is 6.54 Å². The number of methoxy groups -OCH3 is 1. The number of rotatable bonds is 7. The number of aliphatic imine (C=N–C) groups is 1. The van der Waals surface area contributed by atoms with Gasteiger partial charge in [0, 0.05) is 26.2 Å². The van der Waals surface area contributed by atoms with E-state index in [1.165, 1.54) is 0 Å². The van der Waals surface area contributed by atoms with Crippen LogP contribution in [-0.4, -0.2) is 50.3 Å². The van der Waals surface area contributed by atoms with Crippen LogP contribution in [0.3, 0.4) is 0 Å². The van der Waals surface area contributed by atoms with Gasteiger partial charge in [-0.15, -0.1) is 0 Å². The Labute approximate surface area is 115 Å². The van der Waals surface area contributed by atoms with Crippen LogP contribution in [0.1, 0.15) is 33.6 Å². The molecule has 0 unspecified atom stereocenters. The van der Waals surface area contributed by atoms with E-state index in [1.807, 2.05) is 20.8 Å². The number of amides is 1. The highest BCUT2D eigenvalue weighted by atomic mass is 16.5. The van der Waals surface area contributed by atoms with Crippen molar-refractivity contribution in [3.63, 3.8) is 0 Å². The number of nitrogens with zero attached hydrogens (tertiary/aromatic N) is 1. The standard InChI is InChI=1S/C13H26N4O2/c1-5-14-12(16-9-13(2,3)19-4)15-8-11(18)17-10-6-7-10/h10H,5-9H2,1-4H3,(H,17,18)(H2,14,15,16). The van der Waals surface area contributed by atoms with Gasteiger partial charge in [0.15, 0.2) is 5.96 Å². The molecule has 0 aromatic heterocycles. The Bertz CT molecular complexity index is 325. The van der Waals surface area contributed by atoms with Crippen LogP contribution in [0, 0.1) is 0 Å². The molecule has 0 aromatic carbocycles. The zero-order valence-electron chi connectivity index (χ0n) is 12.4. The highest BCUT2D eigenvalue weighted by Gasteiger charge is 2.23. The summed E-state index contributed by atoms with van der Waals surface area (Å²) in [6, 6.07) is 0.380. The molecule has 1 aliphatic carbocycles. The third-order valence-electron chi connectivity index (χ3n) is 2.90. The van der Waals surface area contributed by atoms with Gasteiger partial charge in [-0.05, 0) is 33.6 Å². The largest absolute Gasteiger partial charge is 0.377 e. The highest BCUT2D eigenvalue weighted by Crippen LogP contribution is 2.18. The molecule has 0 heterocycles. The number of nitrogens with one attached hydrogen (secondary N) is 3. The second-order valence-electron chi connectivity index (χ2n) is 5.35. The van der Waals surface area contributed by atoms with E-state index in [9.17, 15) is 4.79 Å². The number of hydrogen-bond acceptors (Lipinski definition) is 3. The summed E-state index contributed by atoms with van der Waals surface area (Å²) in [5.74, 6) is 0.615. The molecule has 0 spiro atoms. The van der Waals surface area contributed by atoms with Gasteiger partial charge >= 0.3 is 0 Å². The molecule has 6 heteroatoms. The number of carbonyl (C=O) groups is 1. The fraction of sp³-hybridized carbons (Fsp3) is 0.846. The van der Waals surface area contributed by atoms with E-state index >= 15 is 0 Å². The Morgan fingerprint density at radius 1 is 1.37 bits per heavy atom. The molecule has 1 amide bonds. The van der Waals surface area contributed by atoms with Crippen LogP contribution in [0.4, 0.5) is 0 Å². The van der Waals surface area contributed by atoms with Crippen molar-refractivity contribution in [1.29, 1.82) is 0 Å². The van der Waals surface area contributed by atoms with Crippen molar-refractivity contribution < 1.29 is 9.53 Å². The van der Waals surface area contributed by atoms with E-state index in [-0.39, 0.29) is 18.1 Å². The Morgan fingerprint density at radius 3 is 2.58 bits per heavy atom. The predicted octanol–water partition coefficient (Wildman–Crippen LogP) is 0.245. The lowest BCUT2D eigenvalue weighted by Gasteiger charge is -2.24. The van der Waals surface area contributed by atoms with Crippen molar-refractivity contribution in [1.82, 2.24) is 16.0 Å². The Morgan fingerprint density at radius 2 is 2.05 bits per heavy atom. The molecule has 0 aliphatic heterocycles. The molecular formula is C13H26N4O2. The smallest absolute Gasteiger partial charge is 0.242 e. The zero-order chi connectivity index (χ0) is 14.3. The normalized spacial score (nSPS) is 16.1. The molecule has 0 atom stereocenters. The zero-order valence-corrected chi connectivity index (χ0v) is 12.4. The van der Waals surface area contributed by atoms with Gasteiger partial charge < -0.3 is 20.7 Å². The molecule has 0 bridgehead atoms. The summed E-state index contributed by atoms with van der Waals surface area (Å²) in [6.45, 7) is 7.50. The minimum atomic E-state index is -0.271. The third kappa shape index (κ3) is 7.00. The van der Waals surface area contributed by atoms with E-state index in [4.69, 9.17) is 4.74 Å². The van der Waals surface area contributed by atoms with Crippen molar-refractivity contribution in [2.45, 2.75) is 45.3 Å². The van der Waals surface area contributed by atoms with Crippen molar-refractivity contribution >= 4 is 11.9 Å². The minimum Gasteiger partial charge on any atom is -0.377 e. The summed E-state index contributed by atoms with van der Waals surface area (Å²) in [6.07, 6.45) is 2.19. The van der Waals surface area contributed by atoms with E-state index in [1.54, 1.807) is 7.11 Å². The fourth-order valence-electron chi connectivity index (χ4n) is 1.36. The monoisotopic (exact) mass is 270 g/mol. The van der Waals surface area contributed by atoms with E-state index in [2.05, 4.69) is 20.9 Å². The summed E-state index contributed by atoms with van der Waals surface area (Å²) in [5, 5.41) is 9.19. The van der Waals surface area contributed by atoms with Crippen LogP contribution in [0.2, 0.25) is 0 Å². The van der Waals surface area contributed by atoms with E-state index in [0.29, 0.717) is 18.5 Å². The molecule has 19 heavy (non-hydrogen) atoms. The first kappa shape index (κ1) is 15.8. The number of guanidine groups is 1. The molecule has 6 nitrogen and oxygen atoms in total. The van der Waals surface area contributed by atoms with Gasteiger partial charge in [-0.2, -0.15) is 0 Å². The van der Waals surface area contributed by atoms with Crippen LogP contribution in [0.15, 0.2) is 4.99 Å². The predicted molar refractivity (Wildman–Crippen MR) is 76.2 cm³/mol.